The molecule has 0 aromatic heterocycles. The number of hydrogen-bond acceptors (Lipinski definition) is 6. The highest BCUT2D eigenvalue weighted by Crippen LogP contribution is 2.46. The Morgan fingerprint density at radius 1 is 0.721 bits per heavy atom. The minimum atomic E-state index is -0.905. The number of aliphatic hydroxyl groups is 2. The average Bonchev–Trinajstić information content (AvgIpc) is 2.95. The van der Waals surface area contributed by atoms with Gasteiger partial charge in [-0.25, -0.2) is 0 Å². The minimum absolute atomic E-state index is 0.171. The molecule has 1 heterocycles. The van der Waals surface area contributed by atoms with Crippen LogP contribution in [0.25, 0.3) is 0 Å². The highest BCUT2D eigenvalue weighted by atomic mass is 16.6. The van der Waals surface area contributed by atoms with Crippen LogP contribution in [0.5, 0.6) is 28.7 Å². The van der Waals surface area contributed by atoms with E-state index >= 15 is 0 Å². The summed E-state index contributed by atoms with van der Waals surface area (Å²) in [5, 5.41) is 20.8. The molecule has 6 heteroatoms. The zero-order chi connectivity index (χ0) is 31.4. The van der Waals surface area contributed by atoms with E-state index in [-0.39, 0.29) is 18.9 Å². The molecule has 4 rings (SSSR count). The summed E-state index contributed by atoms with van der Waals surface area (Å²) in [7, 11) is 0. The summed E-state index contributed by atoms with van der Waals surface area (Å²) in [6, 6.07) is 16.6. The monoisotopic (exact) mass is 590 g/mol. The summed E-state index contributed by atoms with van der Waals surface area (Å²) >= 11 is 0. The van der Waals surface area contributed by atoms with Crippen LogP contribution in [0.3, 0.4) is 0 Å². The summed E-state index contributed by atoms with van der Waals surface area (Å²) in [6.07, 6.45) is -1.74. The van der Waals surface area contributed by atoms with Gasteiger partial charge in [0, 0.05) is 6.42 Å². The molecule has 2 N–H and O–H groups in total. The first-order valence-corrected chi connectivity index (χ1v) is 15.8. The normalized spacial score (nSPS) is 20.6. The molecule has 234 valence electrons. The molecule has 1 saturated heterocycles. The van der Waals surface area contributed by atoms with E-state index in [1.807, 2.05) is 31.2 Å². The molecule has 0 aliphatic carbocycles. The van der Waals surface area contributed by atoms with Crippen molar-refractivity contribution in [3.05, 3.63) is 76.3 Å². The van der Waals surface area contributed by atoms with Crippen molar-refractivity contribution in [1.82, 2.24) is 0 Å². The second kappa shape index (κ2) is 14.1. The van der Waals surface area contributed by atoms with E-state index in [2.05, 4.69) is 79.7 Å². The van der Waals surface area contributed by atoms with Gasteiger partial charge in [-0.2, -0.15) is 0 Å². The van der Waals surface area contributed by atoms with Crippen molar-refractivity contribution < 1.29 is 29.2 Å². The molecular weight excluding hydrogens is 540 g/mol. The topological polar surface area (TPSA) is 77.4 Å². The van der Waals surface area contributed by atoms with Crippen LogP contribution in [-0.4, -0.2) is 41.2 Å². The highest BCUT2D eigenvalue weighted by molar-refractivity contribution is 5.58. The first-order chi connectivity index (χ1) is 20.4. The van der Waals surface area contributed by atoms with Gasteiger partial charge >= 0.3 is 0 Å². The van der Waals surface area contributed by atoms with Crippen molar-refractivity contribution in [2.45, 2.75) is 117 Å². The average molecular weight is 591 g/mol. The number of ether oxygens (including phenoxy) is 4. The Balaban J connectivity index is 1.75. The van der Waals surface area contributed by atoms with Gasteiger partial charge in [-0.1, -0.05) is 72.7 Å². The fraction of sp³-hybridized carbons (Fsp3) is 0.514. The quantitative estimate of drug-likeness (QED) is 0.232. The fourth-order valence-electron chi connectivity index (χ4n) is 5.41. The lowest BCUT2D eigenvalue weighted by Gasteiger charge is -2.36. The predicted molar refractivity (Wildman–Crippen MR) is 172 cm³/mol. The van der Waals surface area contributed by atoms with Crippen molar-refractivity contribution in [2.24, 2.45) is 0 Å². The second-order valence-corrected chi connectivity index (χ2v) is 12.9. The molecule has 0 amide bonds. The summed E-state index contributed by atoms with van der Waals surface area (Å²) < 4.78 is 25.8. The zero-order valence-electron chi connectivity index (χ0n) is 27.3. The van der Waals surface area contributed by atoms with Crippen LogP contribution in [0.4, 0.5) is 0 Å². The molecule has 43 heavy (non-hydrogen) atoms. The van der Waals surface area contributed by atoms with Crippen molar-refractivity contribution in [2.75, 3.05) is 6.61 Å². The lowest BCUT2D eigenvalue weighted by molar-refractivity contribution is -0.175. The van der Waals surface area contributed by atoms with Gasteiger partial charge in [-0.3, -0.25) is 0 Å². The van der Waals surface area contributed by atoms with Gasteiger partial charge in [0.05, 0.1) is 18.3 Å². The van der Waals surface area contributed by atoms with Crippen LogP contribution in [0.1, 0.15) is 107 Å². The number of rotatable bonds is 11. The van der Waals surface area contributed by atoms with Crippen LogP contribution in [0.15, 0.2) is 48.5 Å². The number of hydrogen-bond donors (Lipinski definition) is 2. The molecule has 0 radical (unpaired) electrons. The van der Waals surface area contributed by atoms with Crippen molar-refractivity contribution in [3.63, 3.8) is 0 Å². The molecule has 1 aliphatic heterocycles. The maximum atomic E-state index is 10.5. The van der Waals surface area contributed by atoms with E-state index in [4.69, 9.17) is 18.9 Å². The highest BCUT2D eigenvalue weighted by Gasteiger charge is 2.36. The summed E-state index contributed by atoms with van der Waals surface area (Å²) in [5.41, 5.74) is 5.63. The third kappa shape index (κ3) is 7.91. The number of aliphatic hydroxyl groups excluding tert-OH is 2. The molecule has 0 spiro atoms. The summed E-state index contributed by atoms with van der Waals surface area (Å²) in [5.74, 6) is 4.13. The Morgan fingerprint density at radius 3 is 1.63 bits per heavy atom. The Bertz CT molecular complexity index is 1300. The minimum Gasteiger partial charge on any atom is -0.484 e. The van der Waals surface area contributed by atoms with Crippen molar-refractivity contribution in [3.8, 4) is 28.7 Å². The second-order valence-electron chi connectivity index (χ2n) is 12.9. The number of aryl methyl sites for hydroxylation is 2. The first kappa shape index (κ1) is 32.8. The van der Waals surface area contributed by atoms with Crippen molar-refractivity contribution >= 4 is 0 Å². The smallest absolute Gasteiger partial charge is 0.205 e. The third-order valence-electron chi connectivity index (χ3n) is 8.34. The maximum absolute atomic E-state index is 10.5. The van der Waals surface area contributed by atoms with E-state index < -0.39 is 24.4 Å². The molecule has 4 unspecified atom stereocenters. The first-order valence-electron chi connectivity index (χ1n) is 15.8. The van der Waals surface area contributed by atoms with Gasteiger partial charge in [0.15, 0.2) is 11.5 Å². The van der Waals surface area contributed by atoms with Crippen LogP contribution >= 0.6 is 0 Å². The van der Waals surface area contributed by atoms with Gasteiger partial charge in [0.25, 0.3) is 0 Å². The molecule has 1 fully saturated rings. The SMILES string of the molecule is CCC1OC(COc2c(Oc3ccc(C(C)C)cc3C)cc(C(C)C)cc2Oc2ccc(C(C)C)cc2C)CC(O)C1O. The summed E-state index contributed by atoms with van der Waals surface area (Å²) in [4.78, 5) is 0. The maximum Gasteiger partial charge on any atom is 0.205 e. The lowest BCUT2D eigenvalue weighted by atomic mass is 9.96. The zero-order valence-corrected chi connectivity index (χ0v) is 27.3. The van der Waals surface area contributed by atoms with E-state index in [0.717, 1.165) is 28.2 Å². The van der Waals surface area contributed by atoms with E-state index in [1.54, 1.807) is 0 Å². The van der Waals surface area contributed by atoms with E-state index in [1.165, 1.54) is 11.1 Å². The lowest BCUT2D eigenvalue weighted by Crippen LogP contribution is -2.49. The van der Waals surface area contributed by atoms with E-state index in [0.29, 0.717) is 35.5 Å². The molecule has 3 aromatic carbocycles. The van der Waals surface area contributed by atoms with Gasteiger partial charge in [0.1, 0.15) is 24.2 Å². The molecule has 4 atom stereocenters. The Kier molecular flexibility index (Phi) is 10.8. The van der Waals surface area contributed by atoms with Gasteiger partial charge in [-0.15, -0.1) is 0 Å². The number of benzene rings is 3. The van der Waals surface area contributed by atoms with Gasteiger partial charge in [0.2, 0.25) is 5.75 Å². The Morgan fingerprint density at radius 2 is 1.21 bits per heavy atom. The van der Waals surface area contributed by atoms with Crippen LogP contribution < -0.4 is 14.2 Å². The van der Waals surface area contributed by atoms with Gasteiger partial charge < -0.3 is 29.2 Å². The summed E-state index contributed by atoms with van der Waals surface area (Å²) in [6.45, 7) is 19.2. The molecular formula is C37H50O6. The van der Waals surface area contributed by atoms with Crippen LogP contribution in [-0.2, 0) is 4.74 Å². The molecule has 1 aliphatic rings. The Hall–Kier alpha value is -3.06. The standard InChI is InChI=1S/C37H50O6/c1-10-31-36(39)30(38)19-29(41-31)20-40-37-34(42-32-13-11-26(21(2)3)15-24(32)8)17-28(23(6)7)18-35(37)43-33-14-12-27(22(4)5)16-25(33)9/h11-18,21-23,29-31,36,38-39H,10,19-20H2,1-9H3. The van der Waals surface area contributed by atoms with E-state index in [9.17, 15) is 10.2 Å². The molecule has 3 aromatic rings. The third-order valence-corrected chi connectivity index (χ3v) is 8.34. The Labute approximate surface area is 258 Å². The fourth-order valence-corrected chi connectivity index (χ4v) is 5.41. The van der Waals surface area contributed by atoms with Crippen LogP contribution in [0, 0.1) is 13.8 Å². The molecule has 0 saturated carbocycles. The van der Waals surface area contributed by atoms with Crippen molar-refractivity contribution in [1.29, 1.82) is 0 Å². The van der Waals surface area contributed by atoms with Crippen LogP contribution in [0.2, 0.25) is 0 Å². The molecule has 0 bridgehead atoms. The largest absolute Gasteiger partial charge is 0.484 e. The van der Waals surface area contributed by atoms with Gasteiger partial charge in [-0.05, 0) is 90.1 Å². The predicted octanol–water partition coefficient (Wildman–Crippen LogP) is 8.93. The molecule has 6 nitrogen and oxygen atoms in total.